The summed E-state index contributed by atoms with van der Waals surface area (Å²) in [7, 11) is 0. The van der Waals surface area contributed by atoms with Crippen LogP contribution in [0.5, 0.6) is 0 Å². The highest BCUT2D eigenvalue weighted by Crippen LogP contribution is 2.21. The van der Waals surface area contributed by atoms with Crippen LogP contribution in [-0.2, 0) is 4.79 Å². The second-order valence-corrected chi connectivity index (χ2v) is 6.26. The Morgan fingerprint density at radius 1 is 1.09 bits per heavy atom. The summed E-state index contributed by atoms with van der Waals surface area (Å²) in [6.07, 6.45) is 4.72. The Hall–Kier alpha value is -1.77. The highest BCUT2D eigenvalue weighted by atomic mass is 32.1. The van der Waals surface area contributed by atoms with Crippen LogP contribution in [0.25, 0.3) is 12.2 Å². The molecule has 0 N–H and O–H groups in total. The van der Waals surface area contributed by atoms with E-state index in [2.05, 4.69) is 31.0 Å². The molecule has 22 heavy (non-hydrogen) atoms. The Morgan fingerprint density at radius 2 is 1.64 bits per heavy atom. The van der Waals surface area contributed by atoms with Crippen molar-refractivity contribution in [3.8, 4) is 0 Å². The monoisotopic (exact) mass is 333 g/mol. The number of piperidine rings is 1. The van der Waals surface area contributed by atoms with E-state index < -0.39 is 0 Å². The van der Waals surface area contributed by atoms with Gasteiger partial charge in [-0.05, 0) is 48.2 Å². The molecule has 3 heterocycles. The van der Waals surface area contributed by atoms with Crippen LogP contribution < -0.4 is 0 Å². The molecule has 1 aliphatic rings. The molecule has 0 unspecified atom stereocenters. The molecule has 0 radical (unpaired) electrons. The van der Waals surface area contributed by atoms with Crippen molar-refractivity contribution in [3.05, 3.63) is 33.3 Å². The first-order chi connectivity index (χ1) is 10.8. The lowest BCUT2D eigenvalue weighted by Crippen LogP contribution is -2.38. The van der Waals surface area contributed by atoms with E-state index in [1.165, 1.54) is 23.1 Å². The minimum Gasteiger partial charge on any atom is -0.295 e. The number of carbonyl (C=O) groups is 1. The zero-order valence-electron chi connectivity index (χ0n) is 12.1. The van der Waals surface area contributed by atoms with Gasteiger partial charge in [0.05, 0.1) is 11.4 Å². The fraction of sp³-hybridized carbons (Fsp3) is 0.357. The maximum Gasteiger partial charge on any atom is 0.187 e. The van der Waals surface area contributed by atoms with E-state index in [1.807, 2.05) is 22.9 Å². The van der Waals surface area contributed by atoms with Crippen molar-refractivity contribution in [2.24, 2.45) is 0 Å². The lowest BCUT2D eigenvalue weighted by atomic mass is 9.96. The number of rotatable bonds is 4. The van der Waals surface area contributed by atoms with Crippen LogP contribution >= 0.6 is 23.1 Å². The molecule has 2 aromatic rings. The molecule has 1 saturated heterocycles. The second kappa shape index (κ2) is 6.99. The largest absolute Gasteiger partial charge is 0.295 e. The average molecular weight is 333 g/mol. The second-order valence-electron chi connectivity index (χ2n) is 5.04. The predicted octanol–water partition coefficient (Wildman–Crippen LogP) is 2.15. The Labute approximate surface area is 136 Å². The molecule has 1 aliphatic heterocycles. The molecule has 0 saturated carbocycles. The van der Waals surface area contributed by atoms with E-state index in [0.29, 0.717) is 13.1 Å². The van der Waals surface area contributed by atoms with E-state index >= 15 is 0 Å². The quantitative estimate of drug-likeness (QED) is 0.798. The van der Waals surface area contributed by atoms with Crippen LogP contribution in [0.4, 0.5) is 0 Å². The number of likely N-dealkylation sites (tertiary alicyclic amines) is 1. The summed E-state index contributed by atoms with van der Waals surface area (Å²) >= 11 is 2.57. The Bertz CT molecular complexity index is 635. The molecule has 8 heteroatoms. The number of hydrogen-bond acceptors (Lipinski definition) is 8. The summed E-state index contributed by atoms with van der Waals surface area (Å²) in [6.45, 7) is 4.39. The standard InChI is InChI=1S/C14H15N5OS2/c1-2-3-19-6-10(4-12-8-21-17-15-12)14(20)11(7-19)5-13-9-22-18-16-13/h4-5,8-9H,2-3,6-7H2,1H3/b10-4-,11-5-. The Morgan fingerprint density at radius 3 is 2.05 bits per heavy atom. The summed E-state index contributed by atoms with van der Waals surface area (Å²) in [5, 5.41) is 11.7. The Balaban J connectivity index is 1.91. The summed E-state index contributed by atoms with van der Waals surface area (Å²) in [5.41, 5.74) is 2.98. The van der Waals surface area contributed by atoms with Crippen LogP contribution in [0.1, 0.15) is 24.7 Å². The number of nitrogens with zero attached hydrogens (tertiary/aromatic N) is 5. The Kier molecular flexibility index (Phi) is 4.81. The third-order valence-electron chi connectivity index (χ3n) is 3.31. The topological polar surface area (TPSA) is 71.9 Å². The predicted molar refractivity (Wildman–Crippen MR) is 87.5 cm³/mol. The van der Waals surface area contributed by atoms with Gasteiger partial charge in [0.2, 0.25) is 0 Å². The van der Waals surface area contributed by atoms with Crippen molar-refractivity contribution in [2.45, 2.75) is 13.3 Å². The first-order valence-electron chi connectivity index (χ1n) is 6.98. The van der Waals surface area contributed by atoms with Gasteiger partial charge in [0.15, 0.2) is 5.78 Å². The molecule has 1 fully saturated rings. The van der Waals surface area contributed by atoms with Gasteiger partial charge in [-0.3, -0.25) is 9.69 Å². The maximum atomic E-state index is 12.7. The molecule has 0 amide bonds. The molecular weight excluding hydrogens is 318 g/mol. The van der Waals surface area contributed by atoms with Crippen molar-refractivity contribution >= 4 is 41.0 Å². The molecule has 2 aromatic heterocycles. The molecule has 0 aliphatic carbocycles. The number of Topliss-reactive ketones (excluding diaryl/α,β-unsaturated/α-hetero) is 1. The van der Waals surface area contributed by atoms with Gasteiger partial charge < -0.3 is 0 Å². The zero-order chi connectivity index (χ0) is 15.4. The average Bonchev–Trinajstić information content (AvgIpc) is 3.17. The van der Waals surface area contributed by atoms with Crippen LogP contribution in [-0.4, -0.2) is 49.5 Å². The third-order valence-corrected chi connectivity index (χ3v) is 4.35. The van der Waals surface area contributed by atoms with E-state index in [0.717, 1.165) is 35.5 Å². The van der Waals surface area contributed by atoms with E-state index in [1.54, 1.807) is 0 Å². The summed E-state index contributed by atoms with van der Waals surface area (Å²) in [4.78, 5) is 14.9. The normalized spacial score (nSPS) is 20.1. The maximum absolute atomic E-state index is 12.7. The number of carbonyl (C=O) groups excluding carboxylic acids is 1. The summed E-state index contributed by atoms with van der Waals surface area (Å²) in [5.74, 6) is 0.0633. The number of hydrogen-bond donors (Lipinski definition) is 0. The van der Waals surface area contributed by atoms with Gasteiger partial charge in [-0.15, -0.1) is 10.2 Å². The van der Waals surface area contributed by atoms with Crippen molar-refractivity contribution in [2.75, 3.05) is 19.6 Å². The molecule has 114 valence electrons. The minimum atomic E-state index is 0.0633. The zero-order valence-corrected chi connectivity index (χ0v) is 13.7. The highest BCUT2D eigenvalue weighted by molar-refractivity contribution is 7.03. The van der Waals surface area contributed by atoms with Gasteiger partial charge in [0.1, 0.15) is 0 Å². The molecule has 6 nitrogen and oxygen atoms in total. The lowest BCUT2D eigenvalue weighted by molar-refractivity contribution is -0.113. The fourth-order valence-corrected chi connectivity index (χ4v) is 3.23. The number of ketones is 1. The van der Waals surface area contributed by atoms with Gasteiger partial charge in [0.25, 0.3) is 0 Å². The summed E-state index contributed by atoms with van der Waals surface area (Å²) < 4.78 is 7.68. The van der Waals surface area contributed by atoms with Gasteiger partial charge in [-0.1, -0.05) is 15.9 Å². The molecule has 3 rings (SSSR count). The minimum absolute atomic E-state index is 0.0633. The van der Waals surface area contributed by atoms with Crippen molar-refractivity contribution in [1.82, 2.24) is 24.1 Å². The van der Waals surface area contributed by atoms with Gasteiger partial charge >= 0.3 is 0 Å². The van der Waals surface area contributed by atoms with Crippen LogP contribution in [0.2, 0.25) is 0 Å². The molecule has 0 aromatic carbocycles. The third kappa shape index (κ3) is 3.52. The first kappa shape index (κ1) is 15.1. The summed E-state index contributed by atoms with van der Waals surface area (Å²) in [6, 6.07) is 0. The van der Waals surface area contributed by atoms with Crippen LogP contribution in [0.15, 0.2) is 21.9 Å². The molecule has 0 bridgehead atoms. The first-order valence-corrected chi connectivity index (χ1v) is 8.66. The van der Waals surface area contributed by atoms with Gasteiger partial charge in [-0.2, -0.15) is 0 Å². The SMILES string of the molecule is CCCN1C/C(=C/c2csnn2)C(=O)/C(=C\c2csnn2)C1. The van der Waals surface area contributed by atoms with E-state index in [4.69, 9.17) is 0 Å². The van der Waals surface area contributed by atoms with Crippen molar-refractivity contribution in [1.29, 1.82) is 0 Å². The van der Waals surface area contributed by atoms with E-state index in [9.17, 15) is 4.79 Å². The molecule has 0 spiro atoms. The highest BCUT2D eigenvalue weighted by Gasteiger charge is 2.26. The van der Waals surface area contributed by atoms with Gasteiger partial charge in [-0.25, -0.2) is 0 Å². The van der Waals surface area contributed by atoms with E-state index in [-0.39, 0.29) is 5.78 Å². The fourth-order valence-electron chi connectivity index (χ4n) is 2.41. The molecule has 0 atom stereocenters. The lowest BCUT2D eigenvalue weighted by Gasteiger charge is -2.29. The van der Waals surface area contributed by atoms with Crippen LogP contribution in [0, 0.1) is 0 Å². The van der Waals surface area contributed by atoms with Crippen molar-refractivity contribution < 1.29 is 4.79 Å². The smallest absolute Gasteiger partial charge is 0.187 e. The van der Waals surface area contributed by atoms with Crippen molar-refractivity contribution in [3.63, 3.8) is 0 Å². The van der Waals surface area contributed by atoms with Gasteiger partial charge in [0, 0.05) is 35.0 Å². The number of aromatic nitrogens is 4. The molecular formula is C14H15N5OS2. The van der Waals surface area contributed by atoms with Crippen LogP contribution in [0.3, 0.4) is 0 Å².